The van der Waals surface area contributed by atoms with Crippen molar-refractivity contribution < 1.29 is 18.7 Å². The van der Waals surface area contributed by atoms with Gasteiger partial charge < -0.3 is 15.8 Å². The van der Waals surface area contributed by atoms with Crippen molar-refractivity contribution in [1.29, 1.82) is 0 Å². The van der Waals surface area contributed by atoms with Crippen LogP contribution in [-0.2, 0) is 22.6 Å². The second-order valence-electron chi connectivity index (χ2n) is 7.21. The Morgan fingerprint density at radius 3 is 2.79 bits per heavy atom. The number of ether oxygens (including phenoxy) is 1. The van der Waals surface area contributed by atoms with Gasteiger partial charge in [-0.05, 0) is 55.1 Å². The number of aryl methyl sites for hydroxylation is 1. The number of carbonyl (C=O) groups is 2. The molecular formula is C22H26FN3O3. The maximum atomic E-state index is 13.8. The predicted molar refractivity (Wildman–Crippen MR) is 109 cm³/mol. The van der Waals surface area contributed by atoms with Crippen molar-refractivity contribution >= 4 is 17.5 Å². The number of halogens is 1. The maximum absolute atomic E-state index is 13.8. The van der Waals surface area contributed by atoms with Crippen molar-refractivity contribution in [3.63, 3.8) is 0 Å². The highest BCUT2D eigenvalue weighted by Gasteiger charge is 2.29. The number of benzene rings is 2. The molecule has 3 N–H and O–H groups in total. The van der Waals surface area contributed by atoms with Gasteiger partial charge in [-0.2, -0.15) is 0 Å². The molecule has 0 radical (unpaired) electrons. The van der Waals surface area contributed by atoms with Crippen molar-refractivity contribution in [1.82, 2.24) is 4.90 Å². The van der Waals surface area contributed by atoms with E-state index in [1.807, 2.05) is 29.2 Å². The van der Waals surface area contributed by atoms with Crippen LogP contribution in [0.3, 0.4) is 0 Å². The minimum atomic E-state index is -0.439. The van der Waals surface area contributed by atoms with Crippen LogP contribution in [-0.4, -0.2) is 36.4 Å². The molecule has 7 heteroatoms. The highest BCUT2D eigenvalue weighted by atomic mass is 19.1. The number of hydrogen-bond donors (Lipinski definition) is 2. The van der Waals surface area contributed by atoms with E-state index < -0.39 is 5.82 Å². The molecule has 6 nitrogen and oxygen atoms in total. The van der Waals surface area contributed by atoms with Crippen LogP contribution < -0.4 is 15.8 Å². The first-order chi connectivity index (χ1) is 14.0. The number of likely N-dealkylation sites (tertiary alicyclic amines) is 1. The fourth-order valence-corrected chi connectivity index (χ4v) is 3.67. The van der Waals surface area contributed by atoms with Gasteiger partial charge in [-0.1, -0.05) is 24.3 Å². The number of hydrogen-bond acceptors (Lipinski definition) is 4. The van der Waals surface area contributed by atoms with E-state index >= 15 is 0 Å². The Morgan fingerprint density at radius 1 is 1.28 bits per heavy atom. The molecule has 2 aromatic rings. The molecular weight excluding hydrogens is 373 g/mol. The van der Waals surface area contributed by atoms with E-state index in [4.69, 9.17) is 10.5 Å². The van der Waals surface area contributed by atoms with Crippen molar-refractivity contribution in [3.8, 4) is 5.75 Å². The lowest BCUT2D eigenvalue weighted by atomic mass is 10.1. The van der Waals surface area contributed by atoms with Gasteiger partial charge in [0.2, 0.25) is 11.8 Å². The van der Waals surface area contributed by atoms with Crippen LogP contribution in [0, 0.1) is 5.82 Å². The zero-order valence-electron chi connectivity index (χ0n) is 16.5. The first-order valence-corrected chi connectivity index (χ1v) is 9.71. The largest absolute Gasteiger partial charge is 0.494 e. The molecule has 1 aliphatic heterocycles. The number of primary amides is 1. The van der Waals surface area contributed by atoms with Crippen molar-refractivity contribution in [2.75, 3.05) is 19.0 Å². The summed E-state index contributed by atoms with van der Waals surface area (Å²) in [6.07, 6.45) is 2.35. The number of nitrogens with two attached hydrogens (primary N) is 1. The summed E-state index contributed by atoms with van der Waals surface area (Å²) in [5.74, 6) is -0.717. The van der Waals surface area contributed by atoms with Gasteiger partial charge in [-0.25, -0.2) is 4.39 Å². The molecule has 2 amide bonds. The van der Waals surface area contributed by atoms with E-state index in [1.165, 1.54) is 13.2 Å². The fraction of sp³-hybridized carbons (Fsp3) is 0.364. The molecule has 2 aromatic carbocycles. The van der Waals surface area contributed by atoms with Gasteiger partial charge in [0.1, 0.15) is 0 Å². The van der Waals surface area contributed by atoms with E-state index in [1.54, 1.807) is 12.1 Å². The first kappa shape index (κ1) is 20.8. The summed E-state index contributed by atoms with van der Waals surface area (Å²) in [7, 11) is 1.41. The van der Waals surface area contributed by atoms with E-state index in [0.29, 0.717) is 18.7 Å². The number of methoxy groups -OCH3 is 1. The molecule has 154 valence electrons. The second-order valence-corrected chi connectivity index (χ2v) is 7.21. The van der Waals surface area contributed by atoms with Crippen LogP contribution >= 0.6 is 0 Å². The summed E-state index contributed by atoms with van der Waals surface area (Å²) in [5.41, 5.74) is 7.88. The summed E-state index contributed by atoms with van der Waals surface area (Å²) < 4.78 is 18.7. The second kappa shape index (κ2) is 9.52. The Balaban J connectivity index is 1.61. The van der Waals surface area contributed by atoms with Crippen LogP contribution in [0.25, 0.3) is 0 Å². The number of carbonyl (C=O) groups excluding carboxylic acids is 2. The quantitative estimate of drug-likeness (QED) is 0.715. The van der Waals surface area contributed by atoms with Gasteiger partial charge in [0.05, 0.1) is 13.2 Å². The van der Waals surface area contributed by atoms with Crippen LogP contribution in [0.5, 0.6) is 5.75 Å². The summed E-state index contributed by atoms with van der Waals surface area (Å²) >= 11 is 0. The number of anilines is 1. The Kier molecular flexibility index (Phi) is 6.82. The van der Waals surface area contributed by atoms with Gasteiger partial charge >= 0.3 is 0 Å². The molecule has 0 aliphatic carbocycles. The Bertz CT molecular complexity index is 887. The minimum absolute atomic E-state index is 0.151. The number of para-hydroxylation sites is 1. The monoisotopic (exact) mass is 399 g/mol. The van der Waals surface area contributed by atoms with Gasteiger partial charge in [0.25, 0.3) is 0 Å². The molecule has 1 unspecified atom stereocenters. The molecule has 0 aromatic heterocycles. The zero-order valence-corrected chi connectivity index (χ0v) is 16.5. The summed E-state index contributed by atoms with van der Waals surface area (Å²) in [6.45, 7) is 1.35. The summed E-state index contributed by atoms with van der Waals surface area (Å²) in [6, 6.07) is 12.0. The van der Waals surface area contributed by atoms with Crippen LogP contribution in [0.15, 0.2) is 42.5 Å². The van der Waals surface area contributed by atoms with Crippen LogP contribution in [0.4, 0.5) is 10.1 Å². The number of nitrogens with one attached hydrogen (secondary N) is 1. The molecule has 1 saturated heterocycles. The zero-order chi connectivity index (χ0) is 20.8. The average molecular weight is 399 g/mol. The number of rotatable bonds is 8. The predicted octanol–water partition coefficient (Wildman–Crippen LogP) is 2.86. The Labute approximate surface area is 169 Å². The van der Waals surface area contributed by atoms with Crippen LogP contribution in [0.1, 0.15) is 30.4 Å². The van der Waals surface area contributed by atoms with E-state index in [9.17, 15) is 14.0 Å². The summed E-state index contributed by atoms with van der Waals surface area (Å²) in [5, 5.41) is 2.94. The van der Waals surface area contributed by atoms with Gasteiger partial charge in [0, 0.05) is 18.7 Å². The van der Waals surface area contributed by atoms with Gasteiger partial charge in [0.15, 0.2) is 11.6 Å². The topological polar surface area (TPSA) is 84.7 Å². The van der Waals surface area contributed by atoms with Crippen molar-refractivity contribution in [3.05, 3.63) is 59.4 Å². The molecule has 0 spiro atoms. The maximum Gasteiger partial charge on any atom is 0.234 e. The minimum Gasteiger partial charge on any atom is -0.494 e. The SMILES string of the molecule is COc1ccc(CCC(=O)Nc2ccccc2CN2CCCC2C(N)=O)cc1F. The standard InChI is InChI=1S/C22H26FN3O3/c1-29-20-10-8-15(13-17(20)23)9-11-21(27)25-18-6-3-2-5-16(18)14-26-12-4-7-19(26)22(24)28/h2-3,5-6,8,10,13,19H,4,7,9,11-12,14H2,1H3,(H2,24,28)(H,25,27). The van der Waals surface area contributed by atoms with Crippen LogP contribution in [0.2, 0.25) is 0 Å². The van der Waals surface area contributed by atoms with E-state index in [2.05, 4.69) is 5.32 Å². The Morgan fingerprint density at radius 2 is 2.07 bits per heavy atom. The van der Waals surface area contributed by atoms with E-state index in [-0.39, 0.29) is 30.0 Å². The highest BCUT2D eigenvalue weighted by molar-refractivity contribution is 5.91. The molecule has 0 bridgehead atoms. The lowest BCUT2D eigenvalue weighted by Gasteiger charge is -2.23. The molecule has 3 rings (SSSR count). The molecule has 1 atom stereocenters. The van der Waals surface area contributed by atoms with Crippen molar-refractivity contribution in [2.45, 2.75) is 38.3 Å². The fourth-order valence-electron chi connectivity index (χ4n) is 3.67. The number of amides is 2. The van der Waals surface area contributed by atoms with Gasteiger partial charge in [-0.15, -0.1) is 0 Å². The number of nitrogens with zero attached hydrogens (tertiary/aromatic N) is 1. The summed E-state index contributed by atoms with van der Waals surface area (Å²) in [4.78, 5) is 26.1. The highest BCUT2D eigenvalue weighted by Crippen LogP contribution is 2.24. The lowest BCUT2D eigenvalue weighted by molar-refractivity contribution is -0.122. The van der Waals surface area contributed by atoms with Gasteiger partial charge in [-0.3, -0.25) is 14.5 Å². The average Bonchev–Trinajstić information content (AvgIpc) is 3.16. The molecule has 29 heavy (non-hydrogen) atoms. The normalized spacial score (nSPS) is 16.6. The third kappa shape index (κ3) is 5.32. The molecule has 1 heterocycles. The molecule has 0 saturated carbocycles. The third-order valence-electron chi connectivity index (χ3n) is 5.21. The third-order valence-corrected chi connectivity index (χ3v) is 5.21. The Hall–Kier alpha value is -2.93. The van der Waals surface area contributed by atoms with Crippen molar-refractivity contribution in [2.24, 2.45) is 5.73 Å². The molecule has 1 fully saturated rings. The first-order valence-electron chi connectivity index (χ1n) is 9.71. The smallest absolute Gasteiger partial charge is 0.234 e. The lowest BCUT2D eigenvalue weighted by Crippen LogP contribution is -2.39. The molecule has 1 aliphatic rings. The van der Waals surface area contributed by atoms with E-state index in [0.717, 1.165) is 30.5 Å².